The molecule has 1 aliphatic heterocycles. The molecule has 0 amide bonds. The summed E-state index contributed by atoms with van der Waals surface area (Å²) in [6, 6.07) is 0.403. The van der Waals surface area contributed by atoms with Gasteiger partial charge in [-0.3, -0.25) is 0 Å². The fraction of sp³-hybridized carbons (Fsp3) is 1.00. The second kappa shape index (κ2) is 2.46. The molecule has 1 saturated carbocycles. The van der Waals surface area contributed by atoms with Crippen LogP contribution in [0.3, 0.4) is 0 Å². The predicted molar refractivity (Wildman–Crippen MR) is 46.3 cm³/mol. The van der Waals surface area contributed by atoms with E-state index in [-0.39, 0.29) is 0 Å². The molecular weight excluding hydrogens is 136 g/mol. The lowest BCUT2D eigenvalue weighted by Gasteiger charge is -2.28. The summed E-state index contributed by atoms with van der Waals surface area (Å²) in [5, 5.41) is 3.35. The zero-order valence-electron chi connectivity index (χ0n) is 7.27. The summed E-state index contributed by atoms with van der Waals surface area (Å²) >= 11 is 0. The number of nitrogens with two attached hydrogens (primary N) is 1. The molecule has 0 aromatic heterocycles. The molecule has 0 aromatic carbocycles. The van der Waals surface area contributed by atoms with Gasteiger partial charge in [0.05, 0.1) is 0 Å². The SMILES string of the molecule is CC(N)CCC1CC12CNC2. The van der Waals surface area contributed by atoms with E-state index in [0.717, 1.165) is 11.3 Å². The van der Waals surface area contributed by atoms with Gasteiger partial charge in [0.15, 0.2) is 0 Å². The standard InChI is InChI=1S/C9H18N2/c1-7(10)2-3-8-4-9(8)5-11-6-9/h7-8,11H,2-6,10H2,1H3. The highest BCUT2D eigenvalue weighted by atomic mass is 15.0. The van der Waals surface area contributed by atoms with Crippen molar-refractivity contribution in [3.05, 3.63) is 0 Å². The van der Waals surface area contributed by atoms with Crippen LogP contribution in [0.15, 0.2) is 0 Å². The van der Waals surface area contributed by atoms with E-state index in [2.05, 4.69) is 12.2 Å². The first kappa shape index (κ1) is 7.56. The Morgan fingerprint density at radius 1 is 1.64 bits per heavy atom. The van der Waals surface area contributed by atoms with Crippen LogP contribution in [0.4, 0.5) is 0 Å². The summed E-state index contributed by atoms with van der Waals surface area (Å²) in [4.78, 5) is 0. The molecule has 2 heteroatoms. The molecule has 2 fully saturated rings. The van der Waals surface area contributed by atoms with Crippen LogP contribution in [0.2, 0.25) is 0 Å². The molecule has 2 atom stereocenters. The van der Waals surface area contributed by atoms with Crippen LogP contribution in [-0.4, -0.2) is 19.1 Å². The van der Waals surface area contributed by atoms with Crippen molar-refractivity contribution in [3.8, 4) is 0 Å². The maximum absolute atomic E-state index is 5.70. The minimum Gasteiger partial charge on any atom is -0.328 e. The summed E-state index contributed by atoms with van der Waals surface area (Å²) in [6.45, 7) is 4.65. The smallest absolute Gasteiger partial charge is 0.00230 e. The molecule has 3 N–H and O–H groups in total. The number of nitrogens with one attached hydrogen (secondary N) is 1. The van der Waals surface area contributed by atoms with E-state index >= 15 is 0 Å². The fourth-order valence-electron chi connectivity index (χ4n) is 2.18. The third kappa shape index (κ3) is 1.30. The Morgan fingerprint density at radius 2 is 2.36 bits per heavy atom. The van der Waals surface area contributed by atoms with Crippen molar-refractivity contribution in [2.45, 2.75) is 32.2 Å². The van der Waals surface area contributed by atoms with E-state index in [4.69, 9.17) is 5.73 Å². The van der Waals surface area contributed by atoms with E-state index in [1.54, 1.807) is 0 Å². The van der Waals surface area contributed by atoms with Gasteiger partial charge < -0.3 is 11.1 Å². The highest BCUT2D eigenvalue weighted by molar-refractivity contribution is 5.10. The number of hydrogen-bond donors (Lipinski definition) is 2. The number of hydrogen-bond acceptors (Lipinski definition) is 2. The second-order valence-electron chi connectivity index (χ2n) is 4.42. The highest BCUT2D eigenvalue weighted by Crippen LogP contribution is 2.57. The summed E-state index contributed by atoms with van der Waals surface area (Å²) in [5.74, 6) is 1.01. The van der Waals surface area contributed by atoms with Crippen LogP contribution >= 0.6 is 0 Å². The quantitative estimate of drug-likeness (QED) is 0.628. The van der Waals surface area contributed by atoms with E-state index in [1.165, 1.54) is 32.4 Å². The lowest BCUT2D eigenvalue weighted by molar-refractivity contribution is 0.284. The monoisotopic (exact) mass is 154 g/mol. The molecule has 2 rings (SSSR count). The molecule has 1 saturated heterocycles. The molecule has 2 aliphatic rings. The van der Waals surface area contributed by atoms with Crippen LogP contribution < -0.4 is 11.1 Å². The molecule has 1 heterocycles. The van der Waals surface area contributed by atoms with Gasteiger partial charge in [-0.05, 0) is 37.5 Å². The fourth-order valence-corrected chi connectivity index (χ4v) is 2.18. The zero-order valence-corrected chi connectivity index (χ0v) is 7.27. The largest absolute Gasteiger partial charge is 0.328 e. The van der Waals surface area contributed by atoms with Gasteiger partial charge in [0.25, 0.3) is 0 Å². The molecule has 64 valence electrons. The van der Waals surface area contributed by atoms with Crippen LogP contribution in [0, 0.1) is 11.3 Å². The van der Waals surface area contributed by atoms with Crippen LogP contribution in [-0.2, 0) is 0 Å². The molecule has 2 unspecified atom stereocenters. The van der Waals surface area contributed by atoms with Gasteiger partial charge in [-0.25, -0.2) is 0 Å². The molecule has 2 nitrogen and oxygen atoms in total. The Hall–Kier alpha value is -0.0800. The third-order valence-electron chi connectivity index (χ3n) is 3.28. The van der Waals surface area contributed by atoms with E-state index < -0.39 is 0 Å². The Bertz CT molecular complexity index is 150. The second-order valence-corrected chi connectivity index (χ2v) is 4.42. The topological polar surface area (TPSA) is 38.0 Å². The van der Waals surface area contributed by atoms with Crippen LogP contribution in [0.25, 0.3) is 0 Å². The maximum atomic E-state index is 5.70. The summed E-state index contributed by atoms with van der Waals surface area (Å²) < 4.78 is 0. The first-order valence-corrected chi connectivity index (χ1v) is 4.69. The molecule has 0 bridgehead atoms. The molecule has 1 aliphatic carbocycles. The van der Waals surface area contributed by atoms with Gasteiger partial charge in [0, 0.05) is 19.1 Å². The van der Waals surface area contributed by atoms with Gasteiger partial charge in [-0.15, -0.1) is 0 Å². The Labute approximate surface area is 68.5 Å². The lowest BCUT2D eigenvalue weighted by atomic mass is 9.94. The lowest BCUT2D eigenvalue weighted by Crippen LogP contribution is -2.45. The van der Waals surface area contributed by atoms with Gasteiger partial charge >= 0.3 is 0 Å². The van der Waals surface area contributed by atoms with Gasteiger partial charge in [0.2, 0.25) is 0 Å². The summed E-state index contributed by atoms with van der Waals surface area (Å²) in [5.41, 5.74) is 6.46. The normalized spacial score (nSPS) is 34.9. The van der Waals surface area contributed by atoms with Crippen molar-refractivity contribution in [1.29, 1.82) is 0 Å². The first-order chi connectivity index (χ1) is 5.23. The molecule has 0 radical (unpaired) electrons. The van der Waals surface area contributed by atoms with Gasteiger partial charge in [-0.1, -0.05) is 0 Å². The van der Waals surface area contributed by atoms with Crippen molar-refractivity contribution >= 4 is 0 Å². The van der Waals surface area contributed by atoms with Crippen LogP contribution in [0.5, 0.6) is 0 Å². The van der Waals surface area contributed by atoms with Gasteiger partial charge in [0.1, 0.15) is 0 Å². The van der Waals surface area contributed by atoms with Crippen molar-refractivity contribution in [2.24, 2.45) is 17.1 Å². The van der Waals surface area contributed by atoms with Gasteiger partial charge in [-0.2, -0.15) is 0 Å². The zero-order chi connectivity index (χ0) is 7.90. The van der Waals surface area contributed by atoms with E-state index in [1.807, 2.05) is 0 Å². The van der Waals surface area contributed by atoms with E-state index in [0.29, 0.717) is 6.04 Å². The Kier molecular flexibility index (Phi) is 1.69. The van der Waals surface area contributed by atoms with Crippen molar-refractivity contribution in [2.75, 3.05) is 13.1 Å². The maximum Gasteiger partial charge on any atom is 0.00230 e. The minimum atomic E-state index is 0.403. The summed E-state index contributed by atoms with van der Waals surface area (Å²) in [6.07, 6.45) is 4.04. The Balaban J connectivity index is 1.67. The predicted octanol–water partition coefficient (Wildman–Crippen LogP) is 0.723. The third-order valence-corrected chi connectivity index (χ3v) is 3.28. The van der Waals surface area contributed by atoms with Crippen molar-refractivity contribution in [3.63, 3.8) is 0 Å². The first-order valence-electron chi connectivity index (χ1n) is 4.69. The number of rotatable bonds is 3. The molecule has 1 spiro atoms. The van der Waals surface area contributed by atoms with Crippen molar-refractivity contribution < 1.29 is 0 Å². The highest BCUT2D eigenvalue weighted by Gasteiger charge is 2.56. The minimum absolute atomic E-state index is 0.403. The van der Waals surface area contributed by atoms with Crippen LogP contribution in [0.1, 0.15) is 26.2 Å². The molecule has 11 heavy (non-hydrogen) atoms. The van der Waals surface area contributed by atoms with E-state index in [9.17, 15) is 0 Å². The summed E-state index contributed by atoms with van der Waals surface area (Å²) in [7, 11) is 0. The Morgan fingerprint density at radius 3 is 2.73 bits per heavy atom. The average molecular weight is 154 g/mol. The average Bonchev–Trinajstić information content (AvgIpc) is 2.55. The van der Waals surface area contributed by atoms with Crippen molar-refractivity contribution in [1.82, 2.24) is 5.32 Å². The molecule has 0 aromatic rings. The molecular formula is C9H18N2.